The zero-order valence-corrected chi connectivity index (χ0v) is 25.3. The van der Waals surface area contributed by atoms with Crippen LogP contribution in [-0.4, -0.2) is 70.0 Å². The molecule has 1 aromatic heterocycles. The van der Waals surface area contributed by atoms with Crippen molar-refractivity contribution in [1.82, 2.24) is 9.80 Å². The maximum absolute atomic E-state index is 13.4. The van der Waals surface area contributed by atoms with Crippen molar-refractivity contribution in [3.63, 3.8) is 0 Å². The van der Waals surface area contributed by atoms with Crippen molar-refractivity contribution in [3.8, 4) is 28.7 Å². The molecular formula is C34H37N3O7. The summed E-state index contributed by atoms with van der Waals surface area (Å²) >= 11 is 0. The third-order valence-electron chi connectivity index (χ3n) is 7.94. The number of furan rings is 1. The van der Waals surface area contributed by atoms with Crippen molar-refractivity contribution < 1.29 is 32.9 Å². The molecule has 0 aliphatic carbocycles. The van der Waals surface area contributed by atoms with Crippen LogP contribution in [0.4, 0.5) is 5.69 Å². The first-order valence-electron chi connectivity index (χ1n) is 14.6. The molecule has 6 rings (SSSR count). The Hall–Kier alpha value is -4.83. The predicted molar refractivity (Wildman–Crippen MR) is 165 cm³/mol. The number of carbonyl (C=O) groups excluding carboxylic acids is 1. The smallest absolute Gasteiger partial charge is 0.289 e. The van der Waals surface area contributed by atoms with Gasteiger partial charge in [0.2, 0.25) is 6.79 Å². The number of methoxy groups -OCH3 is 3. The summed E-state index contributed by atoms with van der Waals surface area (Å²) < 4.78 is 33.7. The molecule has 1 saturated heterocycles. The number of hydrogen-bond acceptors (Lipinski definition) is 9. The van der Waals surface area contributed by atoms with Gasteiger partial charge in [-0.1, -0.05) is 24.3 Å². The summed E-state index contributed by atoms with van der Waals surface area (Å²) in [6.07, 6.45) is 0. The largest absolute Gasteiger partial charge is 0.495 e. The number of anilines is 1. The van der Waals surface area contributed by atoms with Gasteiger partial charge in [-0.3, -0.25) is 9.69 Å². The molecule has 0 atom stereocenters. The van der Waals surface area contributed by atoms with Gasteiger partial charge in [0.05, 0.1) is 33.6 Å². The van der Waals surface area contributed by atoms with E-state index in [1.165, 1.54) is 0 Å². The molecule has 0 N–H and O–H groups in total. The molecule has 1 amide bonds. The van der Waals surface area contributed by atoms with Crippen LogP contribution in [0, 0.1) is 0 Å². The van der Waals surface area contributed by atoms with E-state index in [1.807, 2.05) is 71.6 Å². The summed E-state index contributed by atoms with van der Waals surface area (Å²) in [4.78, 5) is 19.8. The number of para-hydroxylation sites is 2. The minimum Gasteiger partial charge on any atom is -0.495 e. The molecular weight excluding hydrogens is 562 g/mol. The van der Waals surface area contributed by atoms with E-state index in [4.69, 9.17) is 28.1 Å². The van der Waals surface area contributed by atoms with E-state index in [1.54, 1.807) is 27.4 Å². The highest BCUT2D eigenvalue weighted by atomic mass is 16.7. The molecule has 1 fully saturated rings. The molecule has 2 aliphatic rings. The molecule has 10 heteroatoms. The minimum absolute atomic E-state index is 0.0989. The molecule has 2 aliphatic heterocycles. The van der Waals surface area contributed by atoms with Gasteiger partial charge in [0.1, 0.15) is 11.5 Å². The summed E-state index contributed by atoms with van der Waals surface area (Å²) in [5, 5.41) is 0. The average molecular weight is 600 g/mol. The molecule has 3 heterocycles. The summed E-state index contributed by atoms with van der Waals surface area (Å²) in [6, 6.07) is 23.5. The third-order valence-corrected chi connectivity index (χ3v) is 7.94. The first-order valence-corrected chi connectivity index (χ1v) is 14.6. The zero-order valence-electron chi connectivity index (χ0n) is 25.3. The Labute approximate surface area is 257 Å². The maximum Gasteiger partial charge on any atom is 0.289 e. The molecule has 10 nitrogen and oxygen atoms in total. The van der Waals surface area contributed by atoms with Crippen LogP contribution >= 0.6 is 0 Å². The van der Waals surface area contributed by atoms with E-state index in [0.29, 0.717) is 68.8 Å². The number of benzene rings is 3. The number of amides is 1. The quantitative estimate of drug-likeness (QED) is 0.231. The average Bonchev–Trinajstić information content (AvgIpc) is 3.74. The second-order valence-corrected chi connectivity index (χ2v) is 10.7. The fourth-order valence-corrected chi connectivity index (χ4v) is 5.70. The third kappa shape index (κ3) is 6.40. The summed E-state index contributed by atoms with van der Waals surface area (Å²) in [5.74, 6) is 4.63. The summed E-state index contributed by atoms with van der Waals surface area (Å²) in [5.41, 5.74) is 3.17. The van der Waals surface area contributed by atoms with Crippen molar-refractivity contribution in [1.29, 1.82) is 0 Å². The van der Waals surface area contributed by atoms with Gasteiger partial charge in [0.15, 0.2) is 28.8 Å². The number of nitrogens with zero attached hydrogens (tertiary/aromatic N) is 3. The van der Waals surface area contributed by atoms with E-state index in [-0.39, 0.29) is 12.7 Å². The lowest BCUT2D eigenvalue weighted by Crippen LogP contribution is -2.48. The van der Waals surface area contributed by atoms with E-state index >= 15 is 0 Å². The van der Waals surface area contributed by atoms with E-state index in [9.17, 15) is 4.79 Å². The van der Waals surface area contributed by atoms with Crippen LogP contribution in [0.5, 0.6) is 28.7 Å². The van der Waals surface area contributed by atoms with Crippen LogP contribution in [0.2, 0.25) is 0 Å². The van der Waals surface area contributed by atoms with Gasteiger partial charge in [0.25, 0.3) is 5.91 Å². The van der Waals surface area contributed by atoms with Gasteiger partial charge in [-0.25, -0.2) is 0 Å². The van der Waals surface area contributed by atoms with Crippen LogP contribution in [0.3, 0.4) is 0 Å². The molecule has 0 radical (unpaired) electrons. The molecule has 0 saturated carbocycles. The Kier molecular flexibility index (Phi) is 8.79. The lowest BCUT2D eigenvalue weighted by Gasteiger charge is -2.36. The SMILES string of the molecule is COc1ccc(CN(Cc2ccc3c(c2)OCO3)Cc2ccc(C(=O)N3CCN(c4ccccc4OC)CC3)o2)cc1OC. The number of fused-ring (bicyclic) bond motifs is 1. The van der Waals surface area contributed by atoms with Crippen LogP contribution in [0.15, 0.2) is 77.2 Å². The van der Waals surface area contributed by atoms with Crippen molar-refractivity contribution in [3.05, 3.63) is 95.4 Å². The number of ether oxygens (including phenoxy) is 5. The second kappa shape index (κ2) is 13.2. The van der Waals surface area contributed by atoms with Gasteiger partial charge >= 0.3 is 0 Å². The van der Waals surface area contributed by atoms with E-state index in [0.717, 1.165) is 34.1 Å². The lowest BCUT2D eigenvalue weighted by atomic mass is 10.1. The molecule has 0 unspecified atom stereocenters. The van der Waals surface area contributed by atoms with Gasteiger partial charge < -0.3 is 37.9 Å². The first-order chi connectivity index (χ1) is 21.5. The lowest BCUT2D eigenvalue weighted by molar-refractivity contribution is 0.0710. The Morgan fingerprint density at radius 3 is 2.20 bits per heavy atom. The Bertz CT molecular complexity index is 1600. The number of carbonyl (C=O) groups is 1. The van der Waals surface area contributed by atoms with Gasteiger partial charge in [-0.15, -0.1) is 0 Å². The van der Waals surface area contributed by atoms with Crippen LogP contribution in [-0.2, 0) is 19.6 Å². The normalized spacial score (nSPS) is 14.2. The first kappa shape index (κ1) is 29.3. The predicted octanol–water partition coefficient (Wildman–Crippen LogP) is 5.20. The van der Waals surface area contributed by atoms with Crippen molar-refractivity contribution in [2.24, 2.45) is 0 Å². The standard InChI is InChI=1S/C34H37N3O7/c1-39-28-7-5-4-6-27(28)36-14-16-37(17-15-36)34(38)31-13-10-26(44-31)22-35(20-24-8-11-29(40-2)32(18-24)41-3)21-25-9-12-30-33(19-25)43-23-42-30/h4-13,18-19H,14-17,20-23H2,1-3H3. The van der Waals surface area contributed by atoms with E-state index in [2.05, 4.69) is 9.80 Å². The number of piperazine rings is 1. The maximum atomic E-state index is 13.4. The van der Waals surface area contributed by atoms with Crippen LogP contribution in [0.25, 0.3) is 0 Å². The number of hydrogen-bond donors (Lipinski definition) is 0. The fourth-order valence-electron chi connectivity index (χ4n) is 5.70. The zero-order chi connectivity index (χ0) is 30.5. The van der Waals surface area contributed by atoms with Crippen molar-refractivity contribution in [2.75, 3.05) is 59.2 Å². The molecule has 230 valence electrons. The molecule has 4 aromatic rings. The van der Waals surface area contributed by atoms with Gasteiger partial charge in [0, 0.05) is 39.3 Å². The highest BCUT2D eigenvalue weighted by Gasteiger charge is 2.26. The molecule has 3 aromatic carbocycles. The monoisotopic (exact) mass is 599 g/mol. The fraction of sp³-hybridized carbons (Fsp3) is 0.324. The number of rotatable bonds is 11. The minimum atomic E-state index is -0.0989. The Morgan fingerprint density at radius 2 is 1.43 bits per heavy atom. The van der Waals surface area contributed by atoms with Crippen LogP contribution < -0.4 is 28.6 Å². The van der Waals surface area contributed by atoms with Crippen molar-refractivity contribution >= 4 is 11.6 Å². The summed E-state index contributed by atoms with van der Waals surface area (Å²) in [7, 11) is 4.93. The van der Waals surface area contributed by atoms with Crippen LogP contribution in [0.1, 0.15) is 27.4 Å². The molecule has 0 spiro atoms. The topological polar surface area (TPSA) is 86.1 Å². The van der Waals surface area contributed by atoms with Gasteiger partial charge in [-0.05, 0) is 59.7 Å². The van der Waals surface area contributed by atoms with Crippen molar-refractivity contribution in [2.45, 2.75) is 19.6 Å². The Morgan fingerprint density at radius 1 is 0.727 bits per heavy atom. The van der Waals surface area contributed by atoms with Gasteiger partial charge in [-0.2, -0.15) is 0 Å². The highest BCUT2D eigenvalue weighted by Crippen LogP contribution is 2.34. The second-order valence-electron chi connectivity index (χ2n) is 10.7. The molecule has 44 heavy (non-hydrogen) atoms. The highest BCUT2D eigenvalue weighted by molar-refractivity contribution is 5.91. The summed E-state index contributed by atoms with van der Waals surface area (Å²) in [6.45, 7) is 4.60. The van der Waals surface area contributed by atoms with E-state index < -0.39 is 0 Å². The Balaban J connectivity index is 1.15. The molecule has 0 bridgehead atoms.